The molecule has 1 saturated carbocycles. The summed E-state index contributed by atoms with van der Waals surface area (Å²) in [6.45, 7) is 0. The van der Waals surface area contributed by atoms with Gasteiger partial charge in [-0.1, -0.05) is 6.07 Å². The summed E-state index contributed by atoms with van der Waals surface area (Å²) >= 11 is 0. The third kappa shape index (κ3) is 4.27. The fraction of sp³-hybridized carbons (Fsp3) is 0.190. The van der Waals surface area contributed by atoms with Crippen LogP contribution in [-0.4, -0.2) is 41.6 Å². The molecule has 1 aliphatic carbocycles. The molecule has 1 aliphatic rings. The summed E-state index contributed by atoms with van der Waals surface area (Å²) in [6.07, 6.45) is 0.0824. The Morgan fingerprint density at radius 3 is 2.74 bits per heavy atom. The van der Waals surface area contributed by atoms with Crippen LogP contribution in [0.3, 0.4) is 0 Å². The maximum absolute atomic E-state index is 13.0. The number of anilines is 1. The lowest BCUT2D eigenvalue weighted by atomic mass is 10.1. The highest BCUT2D eigenvalue weighted by Crippen LogP contribution is 2.29. The lowest BCUT2D eigenvalue weighted by molar-refractivity contribution is -0.137. The van der Waals surface area contributed by atoms with Crippen molar-refractivity contribution >= 4 is 23.4 Å². The molecule has 13 heteroatoms. The molecule has 1 aromatic carbocycles. The number of hydrogen-bond donors (Lipinski definition) is 4. The van der Waals surface area contributed by atoms with E-state index < -0.39 is 23.3 Å². The number of imidazole rings is 1. The summed E-state index contributed by atoms with van der Waals surface area (Å²) in [5.41, 5.74) is -0.998. The highest BCUT2D eigenvalue weighted by Gasteiger charge is 2.31. The number of aromatic amines is 2. The molecule has 1 amide bonds. The average molecular weight is 471 g/mol. The third-order valence-corrected chi connectivity index (χ3v) is 5.07. The summed E-state index contributed by atoms with van der Waals surface area (Å²) in [5.74, 6) is -1.10. The smallest absolute Gasteiger partial charge is 0.416 e. The Kier molecular flexibility index (Phi) is 4.96. The Hall–Kier alpha value is -4.42. The second-order valence-corrected chi connectivity index (χ2v) is 7.71. The first-order chi connectivity index (χ1) is 16.2. The van der Waals surface area contributed by atoms with Crippen LogP contribution in [0.5, 0.6) is 5.88 Å². The van der Waals surface area contributed by atoms with E-state index in [0.29, 0.717) is 10.7 Å². The van der Waals surface area contributed by atoms with Crippen molar-refractivity contribution in [2.24, 2.45) is 4.99 Å². The molecule has 0 spiro atoms. The van der Waals surface area contributed by atoms with Crippen LogP contribution in [0.15, 0.2) is 46.3 Å². The molecule has 3 heterocycles. The topological polar surface area (TPSA) is 141 Å². The van der Waals surface area contributed by atoms with Crippen LogP contribution in [0.4, 0.5) is 19.0 Å². The fourth-order valence-corrected chi connectivity index (χ4v) is 3.29. The predicted octanol–water partition coefficient (Wildman–Crippen LogP) is 1.33. The quantitative estimate of drug-likeness (QED) is 0.356. The number of rotatable bonds is 4. The van der Waals surface area contributed by atoms with E-state index in [-0.39, 0.29) is 34.6 Å². The van der Waals surface area contributed by atoms with E-state index >= 15 is 0 Å². The molecular weight excluding hydrogens is 455 g/mol. The first-order valence-corrected chi connectivity index (χ1v) is 10.1. The van der Waals surface area contributed by atoms with Crippen LogP contribution in [0, 0.1) is 0 Å². The second-order valence-electron chi connectivity index (χ2n) is 7.71. The Bertz CT molecular complexity index is 1600. The van der Waals surface area contributed by atoms with Gasteiger partial charge in [0.15, 0.2) is 11.1 Å². The van der Waals surface area contributed by atoms with E-state index in [1.165, 1.54) is 28.9 Å². The van der Waals surface area contributed by atoms with E-state index in [1.54, 1.807) is 0 Å². The SMILES string of the molecule is O=C(Nc1cc(=NC2CC2)n2ncc(=Cc3[nH]c(=O)[nH]c3O)c2n1)c1cccc(C(F)(F)F)c1. The van der Waals surface area contributed by atoms with E-state index in [0.717, 1.165) is 31.0 Å². The molecular formula is C21H16F3N7O3. The number of nitrogens with one attached hydrogen (secondary N) is 3. The van der Waals surface area contributed by atoms with Crippen LogP contribution in [0.25, 0.3) is 11.7 Å². The molecule has 0 unspecified atom stereocenters. The van der Waals surface area contributed by atoms with Gasteiger partial charge in [-0.15, -0.1) is 0 Å². The number of carbonyl (C=O) groups is 1. The number of halogens is 3. The molecule has 0 aliphatic heterocycles. The van der Waals surface area contributed by atoms with Crippen molar-refractivity contribution in [1.82, 2.24) is 24.6 Å². The standard InChI is InChI=1S/C21H16F3N7O3/c22-21(23,24)12-3-1-2-10(6-12)18(32)29-15-8-16(26-13-4-5-13)31-17(28-15)11(9-25-31)7-14-19(33)30-20(34)27-14/h1-3,6-9,13,33H,4-5H2,(H,29,32)(H2,27,30,34). The Balaban J connectivity index is 1.58. The maximum atomic E-state index is 13.0. The number of amides is 1. The third-order valence-electron chi connectivity index (χ3n) is 5.07. The number of carbonyl (C=O) groups excluding carboxylic acids is 1. The van der Waals surface area contributed by atoms with Crippen LogP contribution in [0.1, 0.15) is 34.5 Å². The van der Waals surface area contributed by atoms with Crippen molar-refractivity contribution in [1.29, 1.82) is 0 Å². The van der Waals surface area contributed by atoms with Gasteiger partial charge in [0.05, 0.1) is 17.8 Å². The molecule has 34 heavy (non-hydrogen) atoms. The van der Waals surface area contributed by atoms with Gasteiger partial charge < -0.3 is 15.4 Å². The van der Waals surface area contributed by atoms with Crippen LogP contribution in [-0.2, 0) is 6.18 Å². The minimum atomic E-state index is -4.59. The molecule has 4 N–H and O–H groups in total. The molecule has 10 nitrogen and oxygen atoms in total. The number of alkyl halides is 3. The zero-order chi connectivity index (χ0) is 24.0. The highest BCUT2D eigenvalue weighted by atomic mass is 19.4. The first-order valence-electron chi connectivity index (χ1n) is 10.1. The molecule has 5 rings (SSSR count). The lowest BCUT2D eigenvalue weighted by Crippen LogP contribution is -2.22. The van der Waals surface area contributed by atoms with Crippen LogP contribution in [0.2, 0.25) is 0 Å². The zero-order valence-electron chi connectivity index (χ0n) is 17.2. The van der Waals surface area contributed by atoms with Gasteiger partial charge in [-0.05, 0) is 37.1 Å². The number of aromatic hydroxyl groups is 1. The minimum absolute atomic E-state index is 0.0521. The minimum Gasteiger partial charge on any atom is -0.493 e. The molecule has 0 saturated heterocycles. The van der Waals surface area contributed by atoms with Crippen molar-refractivity contribution in [3.8, 4) is 5.88 Å². The lowest BCUT2D eigenvalue weighted by Gasteiger charge is -2.09. The molecule has 0 radical (unpaired) electrons. The maximum Gasteiger partial charge on any atom is 0.416 e. The van der Waals surface area contributed by atoms with Gasteiger partial charge in [-0.3, -0.25) is 14.8 Å². The number of aromatic nitrogens is 5. The Morgan fingerprint density at radius 1 is 1.26 bits per heavy atom. The van der Waals surface area contributed by atoms with Gasteiger partial charge in [-0.2, -0.15) is 22.8 Å². The number of hydrogen-bond acceptors (Lipinski definition) is 6. The summed E-state index contributed by atoms with van der Waals surface area (Å²) < 4.78 is 40.5. The van der Waals surface area contributed by atoms with Crippen molar-refractivity contribution in [3.05, 3.63) is 74.5 Å². The first kappa shape index (κ1) is 21.4. The van der Waals surface area contributed by atoms with E-state index in [9.17, 15) is 27.9 Å². The van der Waals surface area contributed by atoms with Crippen molar-refractivity contribution < 1.29 is 23.1 Å². The predicted molar refractivity (Wildman–Crippen MR) is 113 cm³/mol. The number of benzene rings is 1. The van der Waals surface area contributed by atoms with Gasteiger partial charge in [0.25, 0.3) is 5.91 Å². The molecule has 174 valence electrons. The zero-order valence-corrected chi connectivity index (χ0v) is 17.2. The van der Waals surface area contributed by atoms with E-state index in [4.69, 9.17) is 0 Å². The largest absolute Gasteiger partial charge is 0.493 e. The van der Waals surface area contributed by atoms with E-state index in [1.807, 2.05) is 0 Å². The molecule has 3 aromatic heterocycles. The molecule has 1 fully saturated rings. The molecule has 4 aromatic rings. The summed E-state index contributed by atoms with van der Waals surface area (Å²) in [4.78, 5) is 37.6. The van der Waals surface area contributed by atoms with Gasteiger partial charge in [-0.25, -0.2) is 9.78 Å². The molecule has 0 bridgehead atoms. The van der Waals surface area contributed by atoms with Crippen LogP contribution < -0.4 is 21.7 Å². The van der Waals surface area contributed by atoms with Gasteiger partial charge in [0.2, 0.25) is 5.88 Å². The average Bonchev–Trinajstić information content (AvgIpc) is 3.42. The van der Waals surface area contributed by atoms with Crippen molar-refractivity contribution in [2.75, 3.05) is 5.32 Å². The Labute approximate surface area is 187 Å². The van der Waals surface area contributed by atoms with Crippen molar-refractivity contribution in [2.45, 2.75) is 25.1 Å². The summed E-state index contributed by atoms with van der Waals surface area (Å²) in [7, 11) is 0. The monoisotopic (exact) mass is 471 g/mol. The number of H-pyrrole nitrogens is 2. The Morgan fingerprint density at radius 2 is 2.06 bits per heavy atom. The van der Waals surface area contributed by atoms with Crippen LogP contribution >= 0.6 is 0 Å². The number of nitrogens with zero attached hydrogens (tertiary/aromatic N) is 4. The van der Waals surface area contributed by atoms with E-state index in [2.05, 4.69) is 30.4 Å². The normalized spacial score (nSPS) is 15.3. The van der Waals surface area contributed by atoms with Gasteiger partial charge >= 0.3 is 11.9 Å². The summed E-state index contributed by atoms with van der Waals surface area (Å²) in [5, 5.41) is 17.0. The second kappa shape index (κ2) is 7.86. The van der Waals surface area contributed by atoms with Gasteiger partial charge in [0.1, 0.15) is 11.5 Å². The molecule has 0 atom stereocenters. The van der Waals surface area contributed by atoms with Gasteiger partial charge in [0, 0.05) is 16.8 Å². The van der Waals surface area contributed by atoms with Crippen molar-refractivity contribution in [3.63, 3.8) is 0 Å². The summed E-state index contributed by atoms with van der Waals surface area (Å²) in [6, 6.07) is 5.62. The number of fused-ring (bicyclic) bond motifs is 1. The fourth-order valence-electron chi connectivity index (χ4n) is 3.29. The highest BCUT2D eigenvalue weighted by molar-refractivity contribution is 6.03.